The molecular formula is C4H7F3O3P+. The van der Waals surface area contributed by atoms with E-state index in [1.165, 1.54) is 6.92 Å². The summed E-state index contributed by atoms with van der Waals surface area (Å²) in [5.74, 6) is 0. The zero-order valence-corrected chi connectivity index (χ0v) is 6.61. The van der Waals surface area contributed by atoms with Crippen LogP contribution in [0.5, 0.6) is 0 Å². The van der Waals surface area contributed by atoms with Crippen molar-refractivity contribution in [3.63, 3.8) is 0 Å². The van der Waals surface area contributed by atoms with Crippen LogP contribution in [-0.2, 0) is 13.6 Å². The molecule has 0 spiro atoms. The van der Waals surface area contributed by atoms with Crippen LogP contribution in [0.3, 0.4) is 0 Å². The second kappa shape index (κ2) is 4.64. The molecule has 0 saturated carbocycles. The fourth-order valence-corrected chi connectivity index (χ4v) is 0.806. The maximum atomic E-state index is 11.3. The van der Waals surface area contributed by atoms with Crippen molar-refractivity contribution in [1.82, 2.24) is 0 Å². The molecule has 0 bridgehead atoms. The fraction of sp³-hybridized carbons (Fsp3) is 1.00. The lowest BCUT2D eigenvalue weighted by Gasteiger charge is -1.97. The lowest BCUT2D eigenvalue weighted by molar-refractivity contribution is -0.154. The van der Waals surface area contributed by atoms with Gasteiger partial charge in [-0.2, -0.15) is 13.2 Å². The third kappa shape index (κ3) is 7.71. The van der Waals surface area contributed by atoms with Crippen molar-refractivity contribution < 1.29 is 26.8 Å². The quantitative estimate of drug-likeness (QED) is 0.639. The summed E-state index contributed by atoms with van der Waals surface area (Å²) in [5.41, 5.74) is 0. The van der Waals surface area contributed by atoms with Crippen molar-refractivity contribution >= 4 is 8.25 Å². The molecule has 0 heterocycles. The van der Waals surface area contributed by atoms with Crippen molar-refractivity contribution in [2.24, 2.45) is 0 Å². The molecule has 0 aliphatic carbocycles. The highest BCUT2D eigenvalue weighted by Crippen LogP contribution is 2.27. The third-order valence-corrected chi connectivity index (χ3v) is 1.38. The molecule has 1 unspecified atom stereocenters. The summed E-state index contributed by atoms with van der Waals surface area (Å²) < 4.78 is 52.4. The number of halogens is 3. The molecule has 1 atom stereocenters. The lowest BCUT2D eigenvalue weighted by atomic mass is 10.7. The normalized spacial score (nSPS) is 13.3. The lowest BCUT2D eigenvalue weighted by Crippen LogP contribution is -2.14. The van der Waals surface area contributed by atoms with Gasteiger partial charge in [-0.05, 0) is 6.92 Å². The Hall–Kier alpha value is -0.190. The highest BCUT2D eigenvalue weighted by molar-refractivity contribution is 7.33. The molecule has 3 nitrogen and oxygen atoms in total. The van der Waals surface area contributed by atoms with Gasteiger partial charge in [-0.3, -0.25) is 0 Å². The van der Waals surface area contributed by atoms with Crippen LogP contribution in [0, 0.1) is 0 Å². The first kappa shape index (κ1) is 10.8. The smallest absolute Gasteiger partial charge is 0.168 e. The summed E-state index contributed by atoms with van der Waals surface area (Å²) in [5, 5.41) is 0. The van der Waals surface area contributed by atoms with Gasteiger partial charge in [0.1, 0.15) is 6.61 Å². The molecule has 0 fully saturated rings. The zero-order valence-electron chi connectivity index (χ0n) is 5.72. The summed E-state index contributed by atoms with van der Waals surface area (Å²) in [7, 11) is -2.61. The number of hydrogen-bond acceptors (Lipinski definition) is 3. The third-order valence-electron chi connectivity index (χ3n) is 0.568. The SMILES string of the molecule is CCO[P+](=O)OCC(F)(F)F. The molecule has 0 aliphatic rings. The Morgan fingerprint density at radius 3 is 2.27 bits per heavy atom. The minimum Gasteiger partial charge on any atom is -0.168 e. The van der Waals surface area contributed by atoms with Gasteiger partial charge in [0.05, 0.1) is 0 Å². The van der Waals surface area contributed by atoms with Crippen molar-refractivity contribution in [1.29, 1.82) is 0 Å². The fourth-order valence-electron chi connectivity index (χ4n) is 0.269. The average molecular weight is 191 g/mol. The van der Waals surface area contributed by atoms with Crippen LogP contribution < -0.4 is 0 Å². The Bertz CT molecular complexity index is 135. The van der Waals surface area contributed by atoms with Gasteiger partial charge in [0.25, 0.3) is 0 Å². The van der Waals surface area contributed by atoms with E-state index >= 15 is 0 Å². The predicted octanol–water partition coefficient (Wildman–Crippen LogP) is 2.26. The molecule has 11 heavy (non-hydrogen) atoms. The molecule has 7 heteroatoms. The molecule has 0 aromatic carbocycles. The molecule has 0 aromatic rings. The first-order valence-electron chi connectivity index (χ1n) is 2.75. The van der Waals surface area contributed by atoms with E-state index in [0.29, 0.717) is 0 Å². The Labute approximate surface area is 62.4 Å². The molecule has 66 valence electrons. The second-order valence-corrected chi connectivity index (χ2v) is 2.49. The van der Waals surface area contributed by atoms with Gasteiger partial charge < -0.3 is 0 Å². The van der Waals surface area contributed by atoms with Crippen LogP contribution in [0.4, 0.5) is 13.2 Å². The summed E-state index contributed by atoms with van der Waals surface area (Å²) in [6, 6.07) is 0. The van der Waals surface area contributed by atoms with E-state index < -0.39 is 21.0 Å². The Morgan fingerprint density at radius 2 is 1.91 bits per heavy atom. The Morgan fingerprint density at radius 1 is 1.36 bits per heavy atom. The molecule has 0 radical (unpaired) electrons. The van der Waals surface area contributed by atoms with Crippen LogP contribution >= 0.6 is 8.25 Å². The van der Waals surface area contributed by atoms with E-state index in [9.17, 15) is 17.7 Å². The number of alkyl halides is 3. The van der Waals surface area contributed by atoms with E-state index in [1.807, 2.05) is 0 Å². The molecular weight excluding hydrogens is 184 g/mol. The summed E-state index contributed by atoms with van der Waals surface area (Å²) in [4.78, 5) is 0. The van der Waals surface area contributed by atoms with Gasteiger partial charge in [0.2, 0.25) is 6.61 Å². The molecule has 0 aliphatic heterocycles. The van der Waals surface area contributed by atoms with Crippen molar-refractivity contribution in [3.05, 3.63) is 0 Å². The maximum Gasteiger partial charge on any atom is 0.697 e. The Kier molecular flexibility index (Phi) is 4.56. The number of hydrogen-bond donors (Lipinski definition) is 0. The van der Waals surface area contributed by atoms with Crippen molar-refractivity contribution in [2.75, 3.05) is 13.2 Å². The minimum absolute atomic E-state index is 0.0626. The minimum atomic E-state index is -4.46. The highest BCUT2D eigenvalue weighted by atomic mass is 31.1. The standard InChI is InChI=1S/C4H7F3O3P/c1-2-9-11(8)10-3-4(5,6)7/h2-3H2,1H3/q+1. The average Bonchev–Trinajstić information content (AvgIpc) is 1.83. The van der Waals surface area contributed by atoms with E-state index in [-0.39, 0.29) is 6.61 Å². The van der Waals surface area contributed by atoms with Gasteiger partial charge in [0.15, 0.2) is 0 Å². The molecule has 0 saturated heterocycles. The molecule has 0 amide bonds. The second-order valence-electron chi connectivity index (χ2n) is 1.53. The number of rotatable bonds is 4. The molecule has 0 aromatic heterocycles. The predicted molar refractivity (Wildman–Crippen MR) is 31.2 cm³/mol. The monoisotopic (exact) mass is 191 g/mol. The van der Waals surface area contributed by atoms with Gasteiger partial charge in [0, 0.05) is 4.57 Å². The summed E-state index contributed by atoms with van der Waals surface area (Å²) in [6.45, 7) is 0.0272. The van der Waals surface area contributed by atoms with Crippen LogP contribution in [0.1, 0.15) is 6.92 Å². The van der Waals surface area contributed by atoms with E-state index in [0.717, 1.165) is 0 Å². The van der Waals surface area contributed by atoms with Gasteiger partial charge in [-0.15, -0.1) is 9.05 Å². The molecule has 0 rings (SSSR count). The van der Waals surface area contributed by atoms with Gasteiger partial charge in [-0.1, -0.05) is 0 Å². The largest absolute Gasteiger partial charge is 0.697 e. The van der Waals surface area contributed by atoms with Crippen LogP contribution in [0.25, 0.3) is 0 Å². The van der Waals surface area contributed by atoms with Crippen LogP contribution in [-0.4, -0.2) is 19.4 Å². The van der Waals surface area contributed by atoms with E-state index in [4.69, 9.17) is 0 Å². The zero-order chi connectivity index (χ0) is 8.91. The van der Waals surface area contributed by atoms with E-state index in [2.05, 4.69) is 9.05 Å². The first-order chi connectivity index (χ1) is 4.95. The van der Waals surface area contributed by atoms with Crippen molar-refractivity contribution in [3.8, 4) is 0 Å². The summed E-state index contributed by atoms with van der Waals surface area (Å²) >= 11 is 0. The first-order valence-corrected chi connectivity index (χ1v) is 3.85. The Balaban J connectivity index is 3.46. The van der Waals surface area contributed by atoms with Crippen LogP contribution in [0.2, 0.25) is 0 Å². The van der Waals surface area contributed by atoms with Crippen molar-refractivity contribution in [2.45, 2.75) is 13.1 Å². The summed E-state index contributed by atoms with van der Waals surface area (Å²) in [6.07, 6.45) is -4.46. The van der Waals surface area contributed by atoms with Gasteiger partial charge in [-0.25, -0.2) is 0 Å². The maximum absolute atomic E-state index is 11.3. The van der Waals surface area contributed by atoms with E-state index in [1.54, 1.807) is 0 Å². The van der Waals surface area contributed by atoms with Crippen LogP contribution in [0.15, 0.2) is 0 Å². The highest BCUT2D eigenvalue weighted by Gasteiger charge is 2.34. The molecule has 0 N–H and O–H groups in total. The van der Waals surface area contributed by atoms with Gasteiger partial charge >= 0.3 is 14.4 Å². The topological polar surface area (TPSA) is 35.5 Å².